The van der Waals surface area contributed by atoms with Gasteiger partial charge in [0.1, 0.15) is 11.6 Å². The first kappa shape index (κ1) is 10.4. The summed E-state index contributed by atoms with van der Waals surface area (Å²) in [5.74, 6) is 0.155. The van der Waals surface area contributed by atoms with E-state index in [1.165, 1.54) is 6.07 Å². The molecule has 3 aromatic rings. The zero-order valence-electron chi connectivity index (χ0n) is 8.61. The third kappa shape index (κ3) is 1.72. The summed E-state index contributed by atoms with van der Waals surface area (Å²) in [5, 5.41) is 0. The van der Waals surface area contributed by atoms with E-state index in [0.717, 1.165) is 5.52 Å². The zero-order valence-corrected chi connectivity index (χ0v) is 10.2. The number of H-pyrrole nitrogens is 1. The van der Waals surface area contributed by atoms with Crippen LogP contribution in [0.4, 0.5) is 4.39 Å². The topological polar surface area (TPSA) is 41.6 Å². The molecule has 3 nitrogen and oxygen atoms in total. The fraction of sp³-hybridized carbons (Fsp3) is 0. The lowest BCUT2D eigenvalue weighted by atomic mass is 10.2. The first-order chi connectivity index (χ1) is 8.25. The van der Waals surface area contributed by atoms with E-state index in [4.69, 9.17) is 0 Å². The van der Waals surface area contributed by atoms with Crippen molar-refractivity contribution in [2.45, 2.75) is 0 Å². The van der Waals surface area contributed by atoms with Gasteiger partial charge in [-0.2, -0.15) is 0 Å². The Labute approximate surface area is 105 Å². The van der Waals surface area contributed by atoms with E-state index in [-0.39, 0.29) is 5.82 Å². The maximum absolute atomic E-state index is 13.8. The highest BCUT2D eigenvalue weighted by molar-refractivity contribution is 9.10. The number of nitrogens with zero attached hydrogens (tertiary/aromatic N) is 2. The molecule has 0 unspecified atom stereocenters. The van der Waals surface area contributed by atoms with Gasteiger partial charge in [-0.3, -0.25) is 0 Å². The lowest BCUT2D eigenvalue weighted by Gasteiger charge is -2.01. The van der Waals surface area contributed by atoms with Gasteiger partial charge in [0.25, 0.3) is 0 Å². The number of rotatable bonds is 1. The molecule has 0 aliphatic carbocycles. The highest BCUT2D eigenvalue weighted by Gasteiger charge is 2.13. The Balaban J connectivity index is 2.27. The molecule has 1 aromatic carbocycles. The van der Waals surface area contributed by atoms with E-state index >= 15 is 0 Å². The molecule has 3 rings (SSSR count). The number of benzene rings is 1. The van der Waals surface area contributed by atoms with Crippen LogP contribution < -0.4 is 0 Å². The van der Waals surface area contributed by atoms with Gasteiger partial charge in [-0.25, -0.2) is 14.4 Å². The van der Waals surface area contributed by atoms with Gasteiger partial charge in [0.15, 0.2) is 5.65 Å². The molecule has 2 heterocycles. The standard InChI is InChI=1S/C12H7BrFN3/c13-7-3-1-4-8(14)10(7)12-16-9-5-2-6-15-11(9)17-12/h1-6H,(H,15,16,17). The third-order valence-electron chi connectivity index (χ3n) is 2.46. The van der Waals surface area contributed by atoms with Crippen LogP contribution in [0.3, 0.4) is 0 Å². The molecule has 17 heavy (non-hydrogen) atoms. The Bertz CT molecular complexity index is 640. The Morgan fingerprint density at radius 3 is 2.82 bits per heavy atom. The Hall–Kier alpha value is -1.75. The van der Waals surface area contributed by atoms with Gasteiger partial charge in [-0.05, 0) is 40.2 Å². The number of hydrogen-bond acceptors (Lipinski definition) is 2. The summed E-state index contributed by atoms with van der Waals surface area (Å²) in [6, 6.07) is 8.48. The number of fused-ring (bicyclic) bond motifs is 1. The minimum atomic E-state index is -0.321. The molecule has 84 valence electrons. The van der Waals surface area contributed by atoms with Crippen LogP contribution in [0.25, 0.3) is 22.6 Å². The van der Waals surface area contributed by atoms with Crippen molar-refractivity contribution >= 4 is 27.1 Å². The molecule has 0 aliphatic heterocycles. The highest BCUT2D eigenvalue weighted by Crippen LogP contribution is 2.29. The summed E-state index contributed by atoms with van der Waals surface area (Å²) in [5.41, 5.74) is 1.79. The number of aromatic nitrogens is 3. The van der Waals surface area contributed by atoms with E-state index in [9.17, 15) is 4.39 Å². The number of aromatic amines is 1. The summed E-state index contributed by atoms with van der Waals surface area (Å²) >= 11 is 3.32. The van der Waals surface area contributed by atoms with E-state index < -0.39 is 0 Å². The van der Waals surface area contributed by atoms with Gasteiger partial charge in [-0.15, -0.1) is 0 Å². The predicted molar refractivity (Wildman–Crippen MR) is 67.0 cm³/mol. The first-order valence-electron chi connectivity index (χ1n) is 5.01. The Morgan fingerprint density at radius 1 is 1.18 bits per heavy atom. The molecular weight excluding hydrogens is 285 g/mol. The molecule has 5 heteroatoms. The monoisotopic (exact) mass is 291 g/mol. The number of nitrogens with one attached hydrogen (secondary N) is 1. The lowest BCUT2D eigenvalue weighted by Crippen LogP contribution is -1.87. The molecule has 0 bridgehead atoms. The molecule has 0 atom stereocenters. The average Bonchev–Trinajstić information content (AvgIpc) is 2.71. The van der Waals surface area contributed by atoms with Crippen molar-refractivity contribution in [2.75, 3.05) is 0 Å². The van der Waals surface area contributed by atoms with E-state index in [1.807, 2.05) is 6.07 Å². The second kappa shape index (κ2) is 3.92. The van der Waals surface area contributed by atoms with Gasteiger partial charge in [0.05, 0.1) is 11.1 Å². The van der Waals surface area contributed by atoms with Crippen molar-refractivity contribution in [1.82, 2.24) is 15.0 Å². The van der Waals surface area contributed by atoms with Crippen molar-refractivity contribution in [2.24, 2.45) is 0 Å². The molecule has 0 radical (unpaired) electrons. The number of pyridine rings is 1. The van der Waals surface area contributed by atoms with Crippen molar-refractivity contribution in [3.8, 4) is 11.4 Å². The number of imidazole rings is 1. The second-order valence-corrected chi connectivity index (χ2v) is 4.41. The maximum Gasteiger partial charge on any atom is 0.178 e. The molecule has 0 saturated carbocycles. The van der Waals surface area contributed by atoms with Crippen LogP contribution in [0.2, 0.25) is 0 Å². The van der Waals surface area contributed by atoms with E-state index in [2.05, 4.69) is 30.9 Å². The van der Waals surface area contributed by atoms with Crippen molar-refractivity contribution in [3.05, 3.63) is 46.8 Å². The third-order valence-corrected chi connectivity index (χ3v) is 3.12. The van der Waals surface area contributed by atoms with E-state index in [0.29, 0.717) is 21.5 Å². The fourth-order valence-corrected chi connectivity index (χ4v) is 2.22. The molecular formula is C12H7BrFN3. The fourth-order valence-electron chi connectivity index (χ4n) is 1.69. The average molecular weight is 292 g/mol. The van der Waals surface area contributed by atoms with Gasteiger partial charge < -0.3 is 4.98 Å². The molecule has 0 aliphatic rings. The van der Waals surface area contributed by atoms with Gasteiger partial charge in [0, 0.05) is 10.7 Å². The molecule has 0 saturated heterocycles. The quantitative estimate of drug-likeness (QED) is 0.745. The molecule has 1 N–H and O–H groups in total. The molecule has 0 amide bonds. The zero-order chi connectivity index (χ0) is 11.8. The molecule has 2 aromatic heterocycles. The minimum Gasteiger partial charge on any atom is -0.336 e. The Kier molecular flexibility index (Phi) is 2.40. The first-order valence-corrected chi connectivity index (χ1v) is 5.80. The largest absolute Gasteiger partial charge is 0.336 e. The van der Waals surface area contributed by atoms with E-state index in [1.54, 1.807) is 24.4 Å². The van der Waals surface area contributed by atoms with Crippen LogP contribution in [0.15, 0.2) is 41.0 Å². The highest BCUT2D eigenvalue weighted by atomic mass is 79.9. The Morgan fingerprint density at radius 2 is 2.06 bits per heavy atom. The number of halogens is 2. The van der Waals surface area contributed by atoms with Crippen LogP contribution in [-0.4, -0.2) is 15.0 Å². The SMILES string of the molecule is Fc1cccc(Br)c1-c1nc2ncccc2[nH]1. The van der Waals surface area contributed by atoms with Gasteiger partial charge in [0.2, 0.25) is 0 Å². The minimum absolute atomic E-state index is 0.321. The summed E-state index contributed by atoms with van der Waals surface area (Å²) in [6.07, 6.45) is 1.66. The summed E-state index contributed by atoms with van der Waals surface area (Å²) in [7, 11) is 0. The van der Waals surface area contributed by atoms with Crippen molar-refractivity contribution in [1.29, 1.82) is 0 Å². The smallest absolute Gasteiger partial charge is 0.178 e. The molecule has 0 fully saturated rings. The van der Waals surface area contributed by atoms with Crippen molar-refractivity contribution in [3.63, 3.8) is 0 Å². The van der Waals surface area contributed by atoms with Crippen molar-refractivity contribution < 1.29 is 4.39 Å². The lowest BCUT2D eigenvalue weighted by molar-refractivity contribution is 0.629. The van der Waals surface area contributed by atoms with Crippen LogP contribution in [0.1, 0.15) is 0 Å². The van der Waals surface area contributed by atoms with Crippen LogP contribution in [-0.2, 0) is 0 Å². The summed E-state index contributed by atoms with van der Waals surface area (Å²) in [6.45, 7) is 0. The van der Waals surface area contributed by atoms with Gasteiger partial charge >= 0.3 is 0 Å². The maximum atomic E-state index is 13.8. The molecule has 0 spiro atoms. The number of hydrogen-bond donors (Lipinski definition) is 1. The van der Waals surface area contributed by atoms with Crippen LogP contribution >= 0.6 is 15.9 Å². The normalized spacial score (nSPS) is 10.9. The summed E-state index contributed by atoms with van der Waals surface area (Å²) in [4.78, 5) is 11.4. The van der Waals surface area contributed by atoms with Crippen LogP contribution in [0, 0.1) is 5.82 Å². The second-order valence-electron chi connectivity index (χ2n) is 3.56. The van der Waals surface area contributed by atoms with Crippen LogP contribution in [0.5, 0.6) is 0 Å². The van der Waals surface area contributed by atoms with Gasteiger partial charge in [-0.1, -0.05) is 6.07 Å². The predicted octanol–water partition coefficient (Wildman–Crippen LogP) is 3.53. The summed E-state index contributed by atoms with van der Waals surface area (Å²) < 4.78 is 14.4.